The average molecular weight is 316 g/mol. The van der Waals surface area contributed by atoms with Gasteiger partial charge in [0.05, 0.1) is 6.33 Å². The van der Waals surface area contributed by atoms with Crippen molar-refractivity contribution in [1.29, 1.82) is 0 Å². The molecule has 0 aliphatic rings. The lowest BCUT2D eigenvalue weighted by Gasteiger charge is -2.06. The summed E-state index contributed by atoms with van der Waals surface area (Å²) in [5.74, 6) is -0.206. The fraction of sp³-hybridized carbons (Fsp3) is 0. The van der Waals surface area contributed by atoms with E-state index in [4.69, 9.17) is 0 Å². The van der Waals surface area contributed by atoms with Gasteiger partial charge in [-0.3, -0.25) is 0 Å². The van der Waals surface area contributed by atoms with Crippen molar-refractivity contribution in [1.82, 2.24) is 9.97 Å². The molecule has 1 aromatic heterocycles. The van der Waals surface area contributed by atoms with Gasteiger partial charge in [-0.15, -0.1) is 0 Å². The van der Waals surface area contributed by atoms with Gasteiger partial charge < -0.3 is 4.98 Å². The lowest BCUT2D eigenvalue weighted by molar-refractivity contribution is 0.628. The summed E-state index contributed by atoms with van der Waals surface area (Å²) in [6.07, 6.45) is 5.08. The predicted molar refractivity (Wildman–Crippen MR) is 95.9 cm³/mol. The summed E-state index contributed by atoms with van der Waals surface area (Å²) in [6, 6.07) is 25.1. The van der Waals surface area contributed by atoms with Crippen LogP contribution in [0.5, 0.6) is 0 Å². The lowest BCUT2D eigenvalue weighted by Crippen LogP contribution is -1.81. The molecule has 4 aromatic rings. The van der Waals surface area contributed by atoms with E-state index in [-0.39, 0.29) is 5.82 Å². The monoisotopic (exact) mass is 316 g/mol. The molecule has 4 rings (SSSR count). The molecule has 118 valence electrons. The minimum atomic E-state index is -0.206. The molecular formula is C21H17FN2. The summed E-state index contributed by atoms with van der Waals surface area (Å²) >= 11 is 0. The Morgan fingerprint density at radius 2 is 1.29 bits per heavy atom. The van der Waals surface area contributed by atoms with Crippen molar-refractivity contribution in [3.05, 3.63) is 103 Å². The zero-order valence-electron chi connectivity index (χ0n) is 13.1. The first kappa shape index (κ1) is 15.7. The van der Waals surface area contributed by atoms with E-state index in [1.54, 1.807) is 30.9 Å². The van der Waals surface area contributed by atoms with Gasteiger partial charge >= 0.3 is 0 Å². The van der Waals surface area contributed by atoms with E-state index in [9.17, 15) is 4.39 Å². The Morgan fingerprint density at radius 3 is 1.83 bits per heavy atom. The van der Waals surface area contributed by atoms with Gasteiger partial charge in [-0.1, -0.05) is 60.7 Å². The maximum absolute atomic E-state index is 12.9. The molecule has 0 amide bonds. The largest absolute Gasteiger partial charge is 0.351 e. The van der Waals surface area contributed by atoms with Crippen molar-refractivity contribution in [2.24, 2.45) is 0 Å². The summed E-state index contributed by atoms with van der Waals surface area (Å²) < 4.78 is 12.9. The van der Waals surface area contributed by atoms with Gasteiger partial charge in [0, 0.05) is 12.4 Å². The molecule has 1 heterocycles. The van der Waals surface area contributed by atoms with Crippen LogP contribution in [0.4, 0.5) is 4.39 Å². The minimum absolute atomic E-state index is 0.206. The molecule has 0 aliphatic carbocycles. The number of hydrogen-bond donors (Lipinski definition) is 1. The number of imidazole rings is 1. The Balaban J connectivity index is 0.000000290. The van der Waals surface area contributed by atoms with E-state index in [0.29, 0.717) is 0 Å². The highest BCUT2D eigenvalue weighted by Crippen LogP contribution is 2.26. The van der Waals surface area contributed by atoms with Crippen LogP contribution in [0.2, 0.25) is 0 Å². The number of hydrogen-bond acceptors (Lipinski definition) is 1. The van der Waals surface area contributed by atoms with Crippen LogP contribution in [0.25, 0.3) is 22.3 Å². The normalized spacial score (nSPS) is 9.88. The maximum atomic E-state index is 12.9. The molecule has 1 N–H and O–H groups in total. The summed E-state index contributed by atoms with van der Waals surface area (Å²) in [6.45, 7) is 0. The van der Waals surface area contributed by atoms with E-state index in [1.165, 1.54) is 23.3 Å². The zero-order chi connectivity index (χ0) is 16.6. The Kier molecular flexibility index (Phi) is 5.15. The van der Waals surface area contributed by atoms with E-state index in [0.717, 1.165) is 11.1 Å². The van der Waals surface area contributed by atoms with Crippen molar-refractivity contribution in [3.63, 3.8) is 0 Å². The molecule has 24 heavy (non-hydrogen) atoms. The van der Waals surface area contributed by atoms with Crippen molar-refractivity contribution >= 4 is 0 Å². The molecule has 0 spiro atoms. The minimum Gasteiger partial charge on any atom is -0.351 e. The predicted octanol–water partition coefficient (Wildman–Crippen LogP) is 5.57. The number of rotatable bonds is 2. The van der Waals surface area contributed by atoms with E-state index < -0.39 is 0 Å². The number of benzene rings is 3. The van der Waals surface area contributed by atoms with Crippen LogP contribution in [0.15, 0.2) is 97.6 Å². The summed E-state index contributed by atoms with van der Waals surface area (Å²) in [5, 5.41) is 0. The molecule has 2 nitrogen and oxygen atoms in total. The Labute approximate surface area is 140 Å². The van der Waals surface area contributed by atoms with Gasteiger partial charge in [0.15, 0.2) is 0 Å². The number of nitrogens with one attached hydrogen (secondary N) is 1. The molecule has 0 fully saturated rings. The van der Waals surface area contributed by atoms with Gasteiger partial charge in [-0.2, -0.15) is 0 Å². The number of halogens is 1. The Morgan fingerprint density at radius 1 is 0.667 bits per heavy atom. The van der Waals surface area contributed by atoms with Crippen LogP contribution in [0.3, 0.4) is 0 Å². The highest BCUT2D eigenvalue weighted by atomic mass is 19.1. The molecule has 0 radical (unpaired) electrons. The van der Waals surface area contributed by atoms with Gasteiger partial charge in [-0.25, -0.2) is 9.37 Å². The third-order valence-electron chi connectivity index (χ3n) is 3.55. The number of nitrogens with zero attached hydrogens (tertiary/aromatic N) is 1. The number of aromatic amines is 1. The van der Waals surface area contributed by atoms with Gasteiger partial charge in [0.1, 0.15) is 5.82 Å². The van der Waals surface area contributed by atoms with E-state index >= 15 is 0 Å². The molecule has 0 aliphatic heterocycles. The number of H-pyrrole nitrogens is 1. The summed E-state index contributed by atoms with van der Waals surface area (Å²) in [4.78, 5) is 6.42. The molecular weight excluding hydrogens is 299 g/mol. The first-order valence-corrected chi connectivity index (χ1v) is 7.67. The third kappa shape index (κ3) is 4.17. The van der Waals surface area contributed by atoms with Crippen LogP contribution in [-0.4, -0.2) is 9.97 Å². The Bertz CT molecular complexity index is 837. The first-order valence-electron chi connectivity index (χ1n) is 7.67. The third-order valence-corrected chi connectivity index (χ3v) is 3.55. The topological polar surface area (TPSA) is 28.7 Å². The summed E-state index contributed by atoms with van der Waals surface area (Å²) in [7, 11) is 0. The molecule has 3 aromatic carbocycles. The van der Waals surface area contributed by atoms with Gasteiger partial charge in [0.2, 0.25) is 0 Å². The van der Waals surface area contributed by atoms with E-state index in [1.807, 2.05) is 30.3 Å². The molecule has 0 saturated heterocycles. The quantitative estimate of drug-likeness (QED) is 0.514. The molecule has 0 saturated carbocycles. The fourth-order valence-electron chi connectivity index (χ4n) is 2.37. The molecule has 0 atom stereocenters. The van der Waals surface area contributed by atoms with Crippen molar-refractivity contribution in [2.75, 3.05) is 0 Å². The van der Waals surface area contributed by atoms with Gasteiger partial charge in [-0.05, 0) is 40.5 Å². The van der Waals surface area contributed by atoms with Crippen LogP contribution >= 0.6 is 0 Å². The van der Waals surface area contributed by atoms with Crippen LogP contribution in [-0.2, 0) is 0 Å². The SMILES string of the molecule is Fc1ccc(-c2cccc(-c3ccccc3)c2)cc1.c1c[nH]cn1. The van der Waals surface area contributed by atoms with E-state index in [2.05, 4.69) is 34.2 Å². The molecule has 3 heteroatoms. The maximum Gasteiger partial charge on any atom is 0.123 e. The van der Waals surface area contributed by atoms with Crippen molar-refractivity contribution in [2.45, 2.75) is 0 Å². The first-order chi connectivity index (χ1) is 11.8. The smallest absolute Gasteiger partial charge is 0.123 e. The highest BCUT2D eigenvalue weighted by molar-refractivity contribution is 5.72. The van der Waals surface area contributed by atoms with Crippen LogP contribution < -0.4 is 0 Å². The number of aromatic nitrogens is 2. The second kappa shape index (κ2) is 7.88. The lowest BCUT2D eigenvalue weighted by atomic mass is 9.99. The standard InChI is InChI=1S/C18H13F.C3H4N2/c19-18-11-9-15(10-12-18)17-8-4-7-16(13-17)14-5-2-1-3-6-14;1-2-5-3-4-1/h1-13H;1-3H,(H,4,5). The van der Waals surface area contributed by atoms with Crippen LogP contribution in [0, 0.1) is 5.82 Å². The average Bonchev–Trinajstić information content (AvgIpc) is 3.23. The van der Waals surface area contributed by atoms with Crippen molar-refractivity contribution < 1.29 is 4.39 Å². The van der Waals surface area contributed by atoms with Gasteiger partial charge in [0.25, 0.3) is 0 Å². The fourth-order valence-corrected chi connectivity index (χ4v) is 2.37. The highest BCUT2D eigenvalue weighted by Gasteiger charge is 2.01. The molecule has 0 unspecified atom stereocenters. The molecule has 0 bridgehead atoms. The summed E-state index contributed by atoms with van der Waals surface area (Å²) in [5.41, 5.74) is 4.48. The second-order valence-electron chi connectivity index (χ2n) is 5.21. The second-order valence-corrected chi connectivity index (χ2v) is 5.21. The Hall–Kier alpha value is -3.20. The zero-order valence-corrected chi connectivity index (χ0v) is 13.1. The van der Waals surface area contributed by atoms with Crippen molar-refractivity contribution in [3.8, 4) is 22.3 Å². The van der Waals surface area contributed by atoms with Crippen LogP contribution in [0.1, 0.15) is 0 Å².